The first-order valence-corrected chi connectivity index (χ1v) is 9.11. The van der Waals surface area contributed by atoms with Crippen LogP contribution in [0.5, 0.6) is 0 Å². The third-order valence-electron chi connectivity index (χ3n) is 4.37. The Morgan fingerprint density at radius 1 is 0.889 bits per heavy atom. The Hall–Kier alpha value is -2.02. The van der Waals surface area contributed by atoms with E-state index in [2.05, 4.69) is 6.58 Å². The Kier molecular flexibility index (Phi) is 7.56. The molecule has 0 aliphatic carbocycles. The van der Waals surface area contributed by atoms with Crippen molar-refractivity contribution in [2.24, 2.45) is 0 Å². The molecular weight excluding hydrogens is 344 g/mol. The molecule has 0 amide bonds. The predicted octanol–water partition coefficient (Wildman–Crippen LogP) is 3.08. The van der Waals surface area contributed by atoms with Gasteiger partial charge in [0.1, 0.15) is 18.3 Å². The SMILES string of the molecule is C=CCOC[C@@H]1O[C@H](O)[C@H](OCc2ccccc2)[C@H]1OCc1ccccc1. The Labute approximate surface area is 160 Å². The van der Waals surface area contributed by atoms with Gasteiger partial charge in [0.05, 0.1) is 26.4 Å². The van der Waals surface area contributed by atoms with Crippen LogP contribution in [0.25, 0.3) is 0 Å². The van der Waals surface area contributed by atoms with Crippen LogP contribution in [0.15, 0.2) is 73.3 Å². The summed E-state index contributed by atoms with van der Waals surface area (Å²) in [6.45, 7) is 5.13. The molecule has 0 saturated carbocycles. The number of ether oxygens (including phenoxy) is 4. The van der Waals surface area contributed by atoms with Crippen molar-refractivity contribution in [2.45, 2.75) is 37.8 Å². The molecule has 1 fully saturated rings. The molecule has 144 valence electrons. The van der Waals surface area contributed by atoms with Crippen molar-refractivity contribution in [3.8, 4) is 0 Å². The van der Waals surface area contributed by atoms with Crippen molar-refractivity contribution in [3.05, 3.63) is 84.4 Å². The summed E-state index contributed by atoms with van der Waals surface area (Å²) in [6.07, 6.45) is -0.828. The highest BCUT2D eigenvalue weighted by molar-refractivity contribution is 5.14. The summed E-state index contributed by atoms with van der Waals surface area (Å²) in [6, 6.07) is 19.7. The number of aliphatic hydroxyl groups is 1. The molecule has 0 radical (unpaired) electrons. The maximum absolute atomic E-state index is 10.4. The first kappa shape index (κ1) is 19.7. The van der Waals surface area contributed by atoms with Crippen LogP contribution in [-0.2, 0) is 32.2 Å². The van der Waals surface area contributed by atoms with Crippen LogP contribution in [0, 0.1) is 0 Å². The van der Waals surface area contributed by atoms with E-state index in [4.69, 9.17) is 18.9 Å². The molecule has 0 aromatic heterocycles. The van der Waals surface area contributed by atoms with Gasteiger partial charge in [-0.2, -0.15) is 0 Å². The summed E-state index contributed by atoms with van der Waals surface area (Å²) < 4.78 is 23.2. The molecule has 1 aliphatic heterocycles. The van der Waals surface area contributed by atoms with Crippen molar-refractivity contribution in [3.63, 3.8) is 0 Å². The summed E-state index contributed by atoms with van der Waals surface area (Å²) in [5.41, 5.74) is 2.07. The third-order valence-corrected chi connectivity index (χ3v) is 4.37. The van der Waals surface area contributed by atoms with Crippen molar-refractivity contribution in [1.29, 1.82) is 0 Å². The van der Waals surface area contributed by atoms with Crippen molar-refractivity contribution >= 4 is 0 Å². The van der Waals surface area contributed by atoms with E-state index in [0.717, 1.165) is 11.1 Å². The highest BCUT2D eigenvalue weighted by atomic mass is 16.7. The van der Waals surface area contributed by atoms with Gasteiger partial charge in [0, 0.05) is 0 Å². The summed E-state index contributed by atoms with van der Waals surface area (Å²) >= 11 is 0. The fourth-order valence-electron chi connectivity index (χ4n) is 3.02. The van der Waals surface area contributed by atoms with Gasteiger partial charge in [-0.25, -0.2) is 0 Å². The first-order valence-electron chi connectivity index (χ1n) is 9.11. The first-order chi connectivity index (χ1) is 13.3. The van der Waals surface area contributed by atoms with Crippen molar-refractivity contribution in [1.82, 2.24) is 0 Å². The maximum Gasteiger partial charge on any atom is 0.184 e. The normalized spacial score (nSPS) is 24.8. The average molecular weight is 370 g/mol. The van der Waals surface area contributed by atoms with E-state index in [-0.39, 0.29) is 0 Å². The molecule has 5 nitrogen and oxygen atoms in total. The Bertz CT molecular complexity index is 676. The predicted molar refractivity (Wildman–Crippen MR) is 102 cm³/mol. The van der Waals surface area contributed by atoms with Crippen LogP contribution < -0.4 is 0 Å². The van der Waals surface area contributed by atoms with E-state index in [1.54, 1.807) is 6.08 Å². The second kappa shape index (κ2) is 10.3. The molecule has 2 aromatic carbocycles. The molecule has 1 heterocycles. The van der Waals surface area contributed by atoms with Gasteiger partial charge in [-0.1, -0.05) is 66.7 Å². The van der Waals surface area contributed by atoms with Crippen LogP contribution >= 0.6 is 0 Å². The molecule has 0 unspecified atom stereocenters. The zero-order valence-corrected chi connectivity index (χ0v) is 15.3. The number of benzene rings is 2. The smallest absolute Gasteiger partial charge is 0.184 e. The summed E-state index contributed by atoms with van der Waals surface area (Å²) in [4.78, 5) is 0. The standard InChI is InChI=1S/C22H26O5/c1-2-13-24-16-19-20(25-14-17-9-5-3-6-10-17)21(22(23)27-19)26-15-18-11-7-4-8-12-18/h2-12,19-23H,1,13-16H2/t19-,20-,21+,22-/m0/s1. The quantitative estimate of drug-likeness (QED) is 0.515. The summed E-state index contributed by atoms with van der Waals surface area (Å²) in [5, 5.41) is 10.4. The van der Waals surface area contributed by atoms with Crippen LogP contribution in [0.3, 0.4) is 0 Å². The van der Waals surface area contributed by atoms with E-state index in [1.165, 1.54) is 0 Å². The van der Waals surface area contributed by atoms with Crippen LogP contribution in [0.2, 0.25) is 0 Å². The van der Waals surface area contributed by atoms with Gasteiger partial charge in [0.2, 0.25) is 0 Å². The molecule has 4 atom stereocenters. The lowest BCUT2D eigenvalue weighted by atomic mass is 10.1. The van der Waals surface area contributed by atoms with E-state index < -0.39 is 24.6 Å². The van der Waals surface area contributed by atoms with E-state index in [9.17, 15) is 5.11 Å². The Morgan fingerprint density at radius 2 is 1.44 bits per heavy atom. The average Bonchev–Trinajstić information content (AvgIpc) is 3.01. The highest BCUT2D eigenvalue weighted by Gasteiger charge is 2.45. The zero-order chi connectivity index (χ0) is 18.9. The van der Waals surface area contributed by atoms with Gasteiger partial charge in [-0.05, 0) is 11.1 Å². The second-order valence-corrected chi connectivity index (χ2v) is 6.41. The van der Waals surface area contributed by atoms with Gasteiger partial charge < -0.3 is 24.1 Å². The minimum Gasteiger partial charge on any atom is -0.375 e. The molecule has 1 aliphatic rings. The maximum atomic E-state index is 10.4. The van der Waals surface area contributed by atoms with Gasteiger partial charge in [0.15, 0.2) is 6.29 Å². The summed E-state index contributed by atoms with van der Waals surface area (Å²) in [7, 11) is 0. The number of hydrogen-bond donors (Lipinski definition) is 1. The highest BCUT2D eigenvalue weighted by Crippen LogP contribution is 2.27. The topological polar surface area (TPSA) is 57.2 Å². The molecule has 3 rings (SSSR count). The molecule has 27 heavy (non-hydrogen) atoms. The molecule has 2 aromatic rings. The lowest BCUT2D eigenvalue weighted by molar-refractivity contribution is -0.152. The van der Waals surface area contributed by atoms with Gasteiger partial charge in [-0.3, -0.25) is 0 Å². The van der Waals surface area contributed by atoms with E-state index in [1.807, 2.05) is 60.7 Å². The van der Waals surface area contributed by atoms with Gasteiger partial charge >= 0.3 is 0 Å². The Balaban J connectivity index is 1.64. The fourth-order valence-corrected chi connectivity index (χ4v) is 3.02. The lowest BCUT2D eigenvalue weighted by Gasteiger charge is -2.24. The minimum absolute atomic E-state index is 0.299. The minimum atomic E-state index is -1.06. The molecule has 1 saturated heterocycles. The Morgan fingerprint density at radius 3 is 2.00 bits per heavy atom. The molecule has 0 bridgehead atoms. The number of hydrogen-bond acceptors (Lipinski definition) is 5. The van der Waals surface area contributed by atoms with Gasteiger partial charge in [0.25, 0.3) is 0 Å². The fraction of sp³-hybridized carbons (Fsp3) is 0.364. The van der Waals surface area contributed by atoms with Crippen LogP contribution in [0.1, 0.15) is 11.1 Å². The largest absolute Gasteiger partial charge is 0.375 e. The van der Waals surface area contributed by atoms with Crippen molar-refractivity contribution in [2.75, 3.05) is 13.2 Å². The van der Waals surface area contributed by atoms with Crippen LogP contribution in [-0.4, -0.2) is 42.9 Å². The number of rotatable bonds is 10. The molecule has 5 heteroatoms. The number of aliphatic hydroxyl groups excluding tert-OH is 1. The second-order valence-electron chi connectivity index (χ2n) is 6.41. The van der Waals surface area contributed by atoms with Crippen molar-refractivity contribution < 1.29 is 24.1 Å². The van der Waals surface area contributed by atoms with E-state index >= 15 is 0 Å². The third kappa shape index (κ3) is 5.73. The zero-order valence-electron chi connectivity index (χ0n) is 15.3. The monoisotopic (exact) mass is 370 g/mol. The molecular formula is C22H26O5. The van der Waals surface area contributed by atoms with Crippen LogP contribution in [0.4, 0.5) is 0 Å². The van der Waals surface area contributed by atoms with Gasteiger partial charge in [-0.15, -0.1) is 6.58 Å². The summed E-state index contributed by atoms with van der Waals surface area (Å²) in [5.74, 6) is 0. The lowest BCUT2D eigenvalue weighted by Crippen LogP contribution is -2.39. The molecule has 0 spiro atoms. The molecule has 1 N–H and O–H groups in total. The van der Waals surface area contributed by atoms with E-state index in [0.29, 0.717) is 26.4 Å².